The van der Waals surface area contributed by atoms with Gasteiger partial charge >= 0.3 is 0 Å². The van der Waals surface area contributed by atoms with E-state index in [0.29, 0.717) is 5.57 Å². The second kappa shape index (κ2) is 4.84. The number of rotatable bonds is 1. The van der Waals surface area contributed by atoms with Gasteiger partial charge < -0.3 is 0 Å². The molecule has 3 heteroatoms. The van der Waals surface area contributed by atoms with Gasteiger partial charge in [-0.15, -0.1) is 0 Å². The van der Waals surface area contributed by atoms with Crippen LogP contribution in [0, 0.1) is 0 Å². The van der Waals surface area contributed by atoms with Crippen molar-refractivity contribution in [1.29, 1.82) is 0 Å². The van der Waals surface area contributed by atoms with Crippen LogP contribution in [0.15, 0.2) is 47.1 Å². The summed E-state index contributed by atoms with van der Waals surface area (Å²) < 4.78 is 0. The summed E-state index contributed by atoms with van der Waals surface area (Å²) >= 11 is 0. The third-order valence-electron chi connectivity index (χ3n) is 3.65. The lowest BCUT2D eigenvalue weighted by molar-refractivity contribution is -0.127. The van der Waals surface area contributed by atoms with Crippen molar-refractivity contribution in [3.63, 3.8) is 0 Å². The Kier molecular flexibility index (Phi) is 3.03. The highest BCUT2D eigenvalue weighted by Crippen LogP contribution is 2.33. The van der Waals surface area contributed by atoms with Crippen LogP contribution >= 0.6 is 0 Å². The van der Waals surface area contributed by atoms with E-state index in [1.807, 2.05) is 36.4 Å². The van der Waals surface area contributed by atoms with Crippen molar-refractivity contribution < 1.29 is 9.59 Å². The summed E-state index contributed by atoms with van der Waals surface area (Å²) in [6, 6.07) is 9.74. The lowest BCUT2D eigenvalue weighted by Gasteiger charge is -2.25. The van der Waals surface area contributed by atoms with Crippen molar-refractivity contribution in [2.75, 3.05) is 0 Å². The Bertz CT molecular complexity index is 596. The van der Waals surface area contributed by atoms with E-state index < -0.39 is 0 Å². The molecular weight excluding hydrogens is 238 g/mol. The minimum Gasteiger partial charge on any atom is -0.288 e. The van der Waals surface area contributed by atoms with Crippen molar-refractivity contribution in [3.05, 3.63) is 52.6 Å². The van der Waals surface area contributed by atoms with Gasteiger partial charge in [-0.25, -0.2) is 0 Å². The molecule has 1 N–H and O–H groups in total. The average molecular weight is 253 g/mol. The Morgan fingerprint density at radius 1 is 0.895 bits per heavy atom. The Balaban J connectivity index is 2.08. The molecule has 3 rings (SSSR count). The third kappa shape index (κ3) is 2.24. The predicted molar refractivity (Wildman–Crippen MR) is 73.1 cm³/mol. The summed E-state index contributed by atoms with van der Waals surface area (Å²) in [5.41, 5.74) is 3.39. The van der Waals surface area contributed by atoms with E-state index in [1.165, 1.54) is 0 Å². The van der Waals surface area contributed by atoms with E-state index in [4.69, 9.17) is 0 Å². The highest BCUT2D eigenvalue weighted by Gasteiger charge is 2.30. The van der Waals surface area contributed by atoms with Crippen molar-refractivity contribution in [2.24, 2.45) is 0 Å². The molecule has 0 saturated carbocycles. The number of nitrogens with one attached hydrogen (secondary N) is 1. The SMILES string of the molecule is O=C1NC(=O)/C(=C/c2ccccc2)C2=C1CCCC2. The van der Waals surface area contributed by atoms with Gasteiger partial charge in [-0.3, -0.25) is 14.9 Å². The number of amides is 2. The van der Waals surface area contributed by atoms with E-state index in [0.717, 1.165) is 42.4 Å². The molecule has 0 bridgehead atoms. The minimum atomic E-state index is -0.269. The molecule has 0 fully saturated rings. The maximum atomic E-state index is 12.0. The molecule has 0 unspecified atom stereocenters. The normalized spacial score (nSPS) is 21.4. The molecule has 3 nitrogen and oxygen atoms in total. The van der Waals surface area contributed by atoms with Crippen LogP contribution in [-0.4, -0.2) is 11.8 Å². The number of carbonyl (C=O) groups is 2. The van der Waals surface area contributed by atoms with Crippen molar-refractivity contribution in [1.82, 2.24) is 5.32 Å². The molecule has 2 aliphatic rings. The van der Waals surface area contributed by atoms with Crippen LogP contribution < -0.4 is 5.32 Å². The summed E-state index contributed by atoms with van der Waals surface area (Å²) in [6.45, 7) is 0. The molecule has 1 aliphatic heterocycles. The number of hydrogen-bond donors (Lipinski definition) is 1. The van der Waals surface area contributed by atoms with Crippen molar-refractivity contribution in [2.45, 2.75) is 25.7 Å². The van der Waals surface area contributed by atoms with Crippen LogP contribution in [0.25, 0.3) is 6.08 Å². The fourth-order valence-corrected chi connectivity index (χ4v) is 2.70. The molecule has 1 aliphatic carbocycles. The summed E-state index contributed by atoms with van der Waals surface area (Å²) in [6.07, 6.45) is 5.56. The van der Waals surface area contributed by atoms with Gasteiger partial charge in [-0.2, -0.15) is 0 Å². The van der Waals surface area contributed by atoms with Gasteiger partial charge in [0.2, 0.25) is 0 Å². The van der Waals surface area contributed by atoms with Crippen molar-refractivity contribution in [3.8, 4) is 0 Å². The highest BCUT2D eigenvalue weighted by molar-refractivity contribution is 6.18. The van der Waals surface area contributed by atoms with Gasteiger partial charge in [-0.05, 0) is 42.9 Å². The van der Waals surface area contributed by atoms with Crippen LogP contribution in [0.4, 0.5) is 0 Å². The number of hydrogen-bond acceptors (Lipinski definition) is 2. The first-order chi connectivity index (χ1) is 9.25. The smallest absolute Gasteiger partial charge is 0.258 e. The van der Waals surface area contributed by atoms with E-state index in [2.05, 4.69) is 5.32 Å². The zero-order chi connectivity index (χ0) is 13.2. The van der Waals surface area contributed by atoms with E-state index in [9.17, 15) is 9.59 Å². The summed E-state index contributed by atoms with van der Waals surface area (Å²) in [7, 11) is 0. The Morgan fingerprint density at radius 2 is 1.58 bits per heavy atom. The predicted octanol–water partition coefficient (Wildman–Crippen LogP) is 2.60. The van der Waals surface area contributed by atoms with Gasteiger partial charge in [0.25, 0.3) is 11.8 Å². The second-order valence-corrected chi connectivity index (χ2v) is 4.92. The van der Waals surface area contributed by atoms with Crippen LogP contribution in [-0.2, 0) is 9.59 Å². The largest absolute Gasteiger partial charge is 0.288 e. The van der Waals surface area contributed by atoms with Crippen LogP contribution in [0.3, 0.4) is 0 Å². The van der Waals surface area contributed by atoms with Gasteiger partial charge in [-0.1, -0.05) is 30.3 Å². The topological polar surface area (TPSA) is 46.2 Å². The molecule has 0 spiro atoms. The molecule has 1 aromatic carbocycles. The fraction of sp³-hybridized carbons (Fsp3) is 0.250. The van der Waals surface area contributed by atoms with Crippen LogP contribution in [0.5, 0.6) is 0 Å². The standard InChI is InChI=1S/C16H15NO2/c18-15-13-9-5-4-8-12(13)14(16(19)17-15)10-11-6-2-1-3-7-11/h1-3,6-7,10H,4-5,8-9H2,(H,17,18,19)/b14-10+. The molecule has 19 heavy (non-hydrogen) atoms. The quantitative estimate of drug-likeness (QED) is 0.617. The summed E-state index contributed by atoms with van der Waals surface area (Å²) in [5.74, 6) is -0.473. The first-order valence-electron chi connectivity index (χ1n) is 6.60. The molecule has 1 heterocycles. The van der Waals surface area contributed by atoms with Crippen molar-refractivity contribution >= 4 is 17.9 Å². The number of benzene rings is 1. The molecule has 1 aromatic rings. The molecule has 2 amide bonds. The van der Waals surface area contributed by atoms with Crippen LogP contribution in [0.2, 0.25) is 0 Å². The molecule has 96 valence electrons. The third-order valence-corrected chi connectivity index (χ3v) is 3.65. The van der Waals surface area contributed by atoms with E-state index in [1.54, 1.807) is 0 Å². The lowest BCUT2D eigenvalue weighted by Crippen LogP contribution is -2.39. The number of carbonyl (C=O) groups excluding carboxylic acids is 2. The Morgan fingerprint density at radius 3 is 2.32 bits per heavy atom. The molecule has 0 atom stereocenters. The Hall–Kier alpha value is -2.16. The minimum absolute atomic E-state index is 0.204. The van der Waals surface area contributed by atoms with E-state index in [-0.39, 0.29) is 11.8 Å². The lowest BCUT2D eigenvalue weighted by atomic mass is 9.83. The summed E-state index contributed by atoms with van der Waals surface area (Å²) in [4.78, 5) is 23.8. The maximum absolute atomic E-state index is 12.0. The highest BCUT2D eigenvalue weighted by atomic mass is 16.2. The maximum Gasteiger partial charge on any atom is 0.258 e. The first kappa shape index (κ1) is 11.9. The number of imide groups is 1. The fourth-order valence-electron chi connectivity index (χ4n) is 2.70. The average Bonchev–Trinajstić information content (AvgIpc) is 2.45. The Labute approximate surface area is 112 Å². The molecule has 0 saturated heterocycles. The van der Waals surface area contributed by atoms with Gasteiger partial charge in [0.1, 0.15) is 0 Å². The monoisotopic (exact) mass is 253 g/mol. The van der Waals surface area contributed by atoms with Gasteiger partial charge in [0, 0.05) is 11.1 Å². The van der Waals surface area contributed by atoms with Gasteiger partial charge in [0.05, 0.1) is 0 Å². The van der Waals surface area contributed by atoms with Crippen LogP contribution in [0.1, 0.15) is 31.2 Å². The zero-order valence-corrected chi connectivity index (χ0v) is 10.6. The van der Waals surface area contributed by atoms with Gasteiger partial charge in [0.15, 0.2) is 0 Å². The van der Waals surface area contributed by atoms with E-state index >= 15 is 0 Å². The second-order valence-electron chi connectivity index (χ2n) is 4.92. The molecule has 0 radical (unpaired) electrons. The molecule has 0 aromatic heterocycles. The first-order valence-corrected chi connectivity index (χ1v) is 6.60. The zero-order valence-electron chi connectivity index (χ0n) is 10.6. The summed E-state index contributed by atoms with van der Waals surface area (Å²) in [5, 5.41) is 2.44. The molecular formula is C16H15NO2.